The molecule has 0 saturated heterocycles. The number of nitro groups is 1. The van der Waals surface area contributed by atoms with Gasteiger partial charge in [0, 0.05) is 6.07 Å². The number of hydrogen-bond donors (Lipinski definition) is 1. The van der Waals surface area contributed by atoms with Gasteiger partial charge in [0.25, 0.3) is 11.6 Å². The Labute approximate surface area is 137 Å². The third-order valence-electron chi connectivity index (χ3n) is 4.13. The van der Waals surface area contributed by atoms with Crippen LogP contribution in [0.1, 0.15) is 32.0 Å². The number of rotatable bonds is 6. The lowest BCUT2D eigenvalue weighted by Gasteiger charge is -2.34. The van der Waals surface area contributed by atoms with E-state index in [-0.39, 0.29) is 22.9 Å². The van der Waals surface area contributed by atoms with Gasteiger partial charge in [-0.1, -0.05) is 5.16 Å². The van der Waals surface area contributed by atoms with Crippen LogP contribution in [0.15, 0.2) is 16.7 Å². The molecule has 0 unspecified atom stereocenters. The van der Waals surface area contributed by atoms with E-state index in [0.717, 1.165) is 19.3 Å². The van der Waals surface area contributed by atoms with E-state index in [0.29, 0.717) is 18.2 Å². The Morgan fingerprint density at radius 1 is 1.42 bits per heavy atom. The lowest BCUT2D eigenvalue weighted by molar-refractivity contribution is -0.384. The van der Waals surface area contributed by atoms with Crippen LogP contribution >= 0.6 is 0 Å². The van der Waals surface area contributed by atoms with Crippen LogP contribution in [0, 0.1) is 10.1 Å². The fourth-order valence-corrected chi connectivity index (χ4v) is 2.62. The molecule has 2 N–H and O–H groups in total. The number of benzene rings is 1. The normalized spacial score (nSPS) is 15.6. The van der Waals surface area contributed by atoms with Crippen molar-refractivity contribution in [2.24, 2.45) is 5.73 Å². The van der Waals surface area contributed by atoms with Crippen molar-refractivity contribution in [3.63, 3.8) is 0 Å². The molecule has 9 heteroatoms. The van der Waals surface area contributed by atoms with Crippen LogP contribution in [0.2, 0.25) is 0 Å². The Hall–Kier alpha value is -2.68. The van der Waals surface area contributed by atoms with Gasteiger partial charge in [0.05, 0.1) is 30.2 Å². The van der Waals surface area contributed by atoms with Crippen molar-refractivity contribution < 1.29 is 18.9 Å². The zero-order chi connectivity index (χ0) is 17.3. The molecule has 0 amide bonds. The first-order valence-corrected chi connectivity index (χ1v) is 7.61. The molecule has 0 atom stereocenters. The SMILES string of the molecule is CCOc1cc([N+](=O)[O-])c(-c2nc(C3(N)CCC3)no2)cc1OC. The molecule has 1 aliphatic carbocycles. The second-order valence-electron chi connectivity index (χ2n) is 5.64. The van der Waals surface area contributed by atoms with Crippen LogP contribution in [0.5, 0.6) is 11.5 Å². The monoisotopic (exact) mass is 334 g/mol. The number of aromatic nitrogens is 2. The van der Waals surface area contributed by atoms with Crippen LogP contribution in [-0.4, -0.2) is 28.8 Å². The maximum atomic E-state index is 11.4. The van der Waals surface area contributed by atoms with Crippen molar-refractivity contribution in [1.82, 2.24) is 10.1 Å². The van der Waals surface area contributed by atoms with E-state index < -0.39 is 10.5 Å². The number of hydrogen-bond acceptors (Lipinski definition) is 8. The van der Waals surface area contributed by atoms with Crippen LogP contribution in [0.4, 0.5) is 5.69 Å². The third kappa shape index (κ3) is 2.67. The van der Waals surface area contributed by atoms with Gasteiger partial charge in [-0.15, -0.1) is 0 Å². The molecule has 0 bridgehead atoms. The molecule has 1 heterocycles. The summed E-state index contributed by atoms with van der Waals surface area (Å²) in [6.45, 7) is 2.13. The van der Waals surface area contributed by atoms with Crippen molar-refractivity contribution >= 4 is 5.69 Å². The quantitative estimate of drug-likeness (QED) is 0.630. The minimum atomic E-state index is -0.605. The zero-order valence-corrected chi connectivity index (χ0v) is 13.4. The molecular weight excluding hydrogens is 316 g/mol. The van der Waals surface area contributed by atoms with Crippen LogP contribution in [0.3, 0.4) is 0 Å². The summed E-state index contributed by atoms with van der Waals surface area (Å²) in [5, 5.41) is 15.3. The summed E-state index contributed by atoms with van der Waals surface area (Å²) in [5.74, 6) is 1.04. The van der Waals surface area contributed by atoms with E-state index in [2.05, 4.69) is 10.1 Å². The van der Waals surface area contributed by atoms with E-state index >= 15 is 0 Å². The first kappa shape index (κ1) is 16.2. The minimum absolute atomic E-state index is 0.0368. The predicted molar refractivity (Wildman–Crippen MR) is 83.8 cm³/mol. The molecule has 0 spiro atoms. The van der Waals surface area contributed by atoms with E-state index in [9.17, 15) is 10.1 Å². The average Bonchev–Trinajstić information content (AvgIpc) is 3.02. The van der Waals surface area contributed by atoms with Gasteiger partial charge in [-0.2, -0.15) is 4.98 Å². The summed E-state index contributed by atoms with van der Waals surface area (Å²) < 4.78 is 15.8. The standard InChI is InChI=1S/C15H18N4O5/c1-3-23-12-8-10(19(20)21)9(7-11(12)22-2)13-17-14(18-24-13)15(16)5-4-6-15/h7-8H,3-6,16H2,1-2H3. The number of methoxy groups -OCH3 is 1. The molecule has 1 saturated carbocycles. The molecule has 128 valence electrons. The number of ether oxygens (including phenoxy) is 2. The fourth-order valence-electron chi connectivity index (χ4n) is 2.62. The largest absolute Gasteiger partial charge is 0.493 e. The van der Waals surface area contributed by atoms with E-state index in [1.54, 1.807) is 6.92 Å². The molecule has 1 aromatic heterocycles. The molecular formula is C15H18N4O5. The molecule has 0 radical (unpaired) electrons. The Bertz CT molecular complexity index is 769. The van der Waals surface area contributed by atoms with Gasteiger partial charge in [-0.05, 0) is 26.2 Å². The second kappa shape index (κ2) is 6.08. The number of nitrogens with zero attached hydrogens (tertiary/aromatic N) is 3. The predicted octanol–water partition coefficient (Wildman–Crippen LogP) is 2.39. The summed E-state index contributed by atoms with van der Waals surface area (Å²) in [6.07, 6.45) is 2.53. The van der Waals surface area contributed by atoms with Gasteiger partial charge in [-0.25, -0.2) is 0 Å². The highest BCUT2D eigenvalue weighted by molar-refractivity contribution is 5.72. The van der Waals surface area contributed by atoms with Crippen LogP contribution in [-0.2, 0) is 5.54 Å². The van der Waals surface area contributed by atoms with Crippen molar-refractivity contribution in [3.05, 3.63) is 28.1 Å². The smallest absolute Gasteiger partial charge is 0.286 e. The molecule has 0 aliphatic heterocycles. The highest BCUT2D eigenvalue weighted by atomic mass is 16.6. The molecule has 1 fully saturated rings. The van der Waals surface area contributed by atoms with Crippen molar-refractivity contribution in [3.8, 4) is 23.0 Å². The molecule has 3 rings (SSSR count). The van der Waals surface area contributed by atoms with Gasteiger partial charge >= 0.3 is 0 Å². The summed E-state index contributed by atoms with van der Waals surface area (Å²) in [5.41, 5.74) is 5.53. The van der Waals surface area contributed by atoms with Gasteiger partial charge in [0.15, 0.2) is 17.3 Å². The summed E-state index contributed by atoms with van der Waals surface area (Å²) >= 11 is 0. The number of nitrogens with two attached hydrogens (primary N) is 1. The molecule has 1 aliphatic rings. The van der Waals surface area contributed by atoms with Crippen molar-refractivity contribution in [2.45, 2.75) is 31.7 Å². The summed E-state index contributed by atoms with van der Waals surface area (Å²) in [6, 6.07) is 2.76. The highest BCUT2D eigenvalue weighted by Crippen LogP contribution is 2.41. The lowest BCUT2D eigenvalue weighted by atomic mass is 9.77. The second-order valence-corrected chi connectivity index (χ2v) is 5.64. The van der Waals surface area contributed by atoms with E-state index in [1.807, 2.05) is 0 Å². The summed E-state index contributed by atoms with van der Waals surface area (Å²) in [4.78, 5) is 15.2. The topological polar surface area (TPSA) is 127 Å². The first-order chi connectivity index (χ1) is 11.5. The minimum Gasteiger partial charge on any atom is -0.493 e. The van der Waals surface area contributed by atoms with Gasteiger partial charge in [0.2, 0.25) is 0 Å². The average molecular weight is 334 g/mol. The Kier molecular flexibility index (Phi) is 4.10. The Morgan fingerprint density at radius 2 is 2.17 bits per heavy atom. The maximum Gasteiger partial charge on any atom is 0.286 e. The van der Waals surface area contributed by atoms with Gasteiger partial charge in [-0.3, -0.25) is 10.1 Å². The van der Waals surface area contributed by atoms with Gasteiger partial charge < -0.3 is 19.7 Å². The fraction of sp³-hybridized carbons (Fsp3) is 0.467. The Balaban J connectivity index is 2.07. The van der Waals surface area contributed by atoms with Crippen LogP contribution in [0.25, 0.3) is 11.5 Å². The first-order valence-electron chi connectivity index (χ1n) is 7.61. The highest BCUT2D eigenvalue weighted by Gasteiger charge is 2.39. The van der Waals surface area contributed by atoms with Gasteiger partial charge in [0.1, 0.15) is 5.56 Å². The van der Waals surface area contributed by atoms with Crippen LogP contribution < -0.4 is 15.2 Å². The molecule has 9 nitrogen and oxygen atoms in total. The Morgan fingerprint density at radius 3 is 2.71 bits per heavy atom. The maximum absolute atomic E-state index is 11.4. The molecule has 1 aromatic carbocycles. The number of nitro benzene ring substituents is 1. The van der Waals surface area contributed by atoms with E-state index in [4.69, 9.17) is 19.7 Å². The van der Waals surface area contributed by atoms with Crippen molar-refractivity contribution in [1.29, 1.82) is 0 Å². The molecule has 2 aromatic rings. The van der Waals surface area contributed by atoms with E-state index in [1.165, 1.54) is 19.2 Å². The lowest BCUT2D eigenvalue weighted by Crippen LogP contribution is -2.44. The summed E-state index contributed by atoms with van der Waals surface area (Å²) in [7, 11) is 1.45. The molecule has 24 heavy (non-hydrogen) atoms. The zero-order valence-electron chi connectivity index (χ0n) is 13.4. The third-order valence-corrected chi connectivity index (χ3v) is 4.13. The van der Waals surface area contributed by atoms with Crippen molar-refractivity contribution in [2.75, 3.05) is 13.7 Å².